The molecule has 0 saturated heterocycles. The molecule has 0 aliphatic carbocycles. The number of primary amides is 1. The molecule has 0 fully saturated rings. The van der Waals surface area contributed by atoms with Crippen LogP contribution in [-0.2, 0) is 9.59 Å². The topological polar surface area (TPSA) is 80.4 Å². The zero-order valence-corrected chi connectivity index (χ0v) is 6.49. The van der Waals surface area contributed by atoms with E-state index in [1.807, 2.05) is 0 Å². The summed E-state index contributed by atoms with van der Waals surface area (Å²) in [5, 5.41) is 9.16. The summed E-state index contributed by atoms with van der Waals surface area (Å²) in [4.78, 5) is 20.3. The van der Waals surface area contributed by atoms with Crippen LogP contribution in [0.5, 0.6) is 0 Å². The van der Waals surface area contributed by atoms with Gasteiger partial charge in [-0.05, 0) is 5.92 Å². The molecule has 4 nitrogen and oxygen atoms in total. The second-order valence-corrected chi connectivity index (χ2v) is 2.62. The Morgan fingerprint density at radius 1 is 1.73 bits per heavy atom. The van der Waals surface area contributed by atoms with Gasteiger partial charge in [0.2, 0.25) is 5.91 Å². The maximum Gasteiger partial charge on any atom is 0.220 e. The lowest BCUT2D eigenvalue weighted by molar-refractivity contribution is -0.121. The minimum atomic E-state index is -0.794. The average molecular weight is 159 g/mol. The normalized spacial score (nSPS) is 15.5. The third-order valence-electron chi connectivity index (χ3n) is 1.54. The molecule has 0 unspecified atom stereocenters. The Balaban J connectivity index is 3.71. The smallest absolute Gasteiger partial charge is 0.220 e. The molecular formula is C7H13NO3. The predicted molar refractivity (Wildman–Crippen MR) is 39.7 cm³/mol. The molecule has 0 spiro atoms. The summed E-state index contributed by atoms with van der Waals surface area (Å²) in [6, 6.07) is 0. The Morgan fingerprint density at radius 3 is 2.64 bits per heavy atom. The van der Waals surface area contributed by atoms with Gasteiger partial charge in [-0.25, -0.2) is 0 Å². The van der Waals surface area contributed by atoms with Crippen LogP contribution in [0.4, 0.5) is 0 Å². The van der Waals surface area contributed by atoms with Crippen LogP contribution < -0.4 is 5.73 Å². The van der Waals surface area contributed by atoms with Crippen LogP contribution in [0.1, 0.15) is 19.8 Å². The van der Waals surface area contributed by atoms with Crippen LogP contribution in [0.2, 0.25) is 0 Å². The first-order chi connectivity index (χ1) is 5.07. The first-order valence-corrected chi connectivity index (χ1v) is 3.48. The van der Waals surface area contributed by atoms with E-state index < -0.39 is 12.0 Å². The summed E-state index contributed by atoms with van der Waals surface area (Å²) in [6.07, 6.45) is 0.107. The minimum Gasteiger partial charge on any atom is -0.392 e. The zero-order valence-electron chi connectivity index (χ0n) is 6.49. The van der Waals surface area contributed by atoms with Gasteiger partial charge in [-0.1, -0.05) is 6.92 Å². The van der Waals surface area contributed by atoms with Crippen LogP contribution in [0, 0.1) is 5.92 Å². The van der Waals surface area contributed by atoms with E-state index in [9.17, 15) is 9.59 Å². The predicted octanol–water partition coefficient (Wildman–Crippen LogP) is -0.552. The number of amides is 1. The largest absolute Gasteiger partial charge is 0.392 e. The van der Waals surface area contributed by atoms with Crippen molar-refractivity contribution in [3.05, 3.63) is 0 Å². The third kappa shape index (κ3) is 4.50. The van der Waals surface area contributed by atoms with Crippen LogP contribution in [-0.4, -0.2) is 23.4 Å². The fourth-order valence-corrected chi connectivity index (χ4v) is 0.716. The first-order valence-electron chi connectivity index (χ1n) is 3.48. The van der Waals surface area contributed by atoms with Crippen LogP contribution in [0.15, 0.2) is 0 Å². The molecule has 4 heteroatoms. The monoisotopic (exact) mass is 159 g/mol. The molecule has 1 amide bonds. The van der Waals surface area contributed by atoms with Gasteiger partial charge in [0.1, 0.15) is 6.29 Å². The highest BCUT2D eigenvalue weighted by Gasteiger charge is 2.15. The van der Waals surface area contributed by atoms with Gasteiger partial charge in [0, 0.05) is 6.42 Å². The zero-order chi connectivity index (χ0) is 8.85. The van der Waals surface area contributed by atoms with Gasteiger partial charge in [-0.3, -0.25) is 4.79 Å². The number of aliphatic hydroxyl groups is 1. The van der Waals surface area contributed by atoms with Gasteiger partial charge in [-0.15, -0.1) is 0 Å². The standard InChI is InChI=1S/C7H13NO3/c1-5(2-3-9)6(10)4-7(8)11/h3,5-6,10H,2,4H2,1H3,(H2,8,11)/t5-,6+/m1/s1. The SMILES string of the molecule is C[C@H](CC=O)[C@@H](O)CC(N)=O. The molecular weight excluding hydrogens is 146 g/mol. The highest BCUT2D eigenvalue weighted by atomic mass is 16.3. The lowest BCUT2D eigenvalue weighted by Crippen LogP contribution is -2.25. The van der Waals surface area contributed by atoms with Crippen molar-refractivity contribution in [2.75, 3.05) is 0 Å². The summed E-state index contributed by atoms with van der Waals surface area (Å²) in [5.74, 6) is -0.741. The van der Waals surface area contributed by atoms with E-state index >= 15 is 0 Å². The molecule has 0 aromatic carbocycles. The third-order valence-corrected chi connectivity index (χ3v) is 1.54. The number of rotatable bonds is 5. The lowest BCUT2D eigenvalue weighted by Gasteiger charge is -2.13. The van der Waals surface area contributed by atoms with Crippen LogP contribution in [0.3, 0.4) is 0 Å². The highest BCUT2D eigenvalue weighted by Crippen LogP contribution is 2.08. The van der Waals surface area contributed by atoms with E-state index in [1.54, 1.807) is 6.92 Å². The molecule has 0 aromatic rings. The lowest BCUT2D eigenvalue weighted by atomic mass is 9.99. The summed E-state index contributed by atoms with van der Waals surface area (Å²) in [6.45, 7) is 1.70. The fourth-order valence-electron chi connectivity index (χ4n) is 0.716. The molecule has 0 rings (SSSR count). The molecule has 0 aliphatic heterocycles. The Kier molecular flexibility index (Phi) is 4.45. The van der Waals surface area contributed by atoms with Gasteiger partial charge in [0.25, 0.3) is 0 Å². The van der Waals surface area contributed by atoms with Gasteiger partial charge in [0.05, 0.1) is 12.5 Å². The number of aliphatic hydroxyl groups excluding tert-OH is 1. The van der Waals surface area contributed by atoms with Crippen molar-refractivity contribution in [3.8, 4) is 0 Å². The summed E-state index contributed by atoms with van der Waals surface area (Å²) >= 11 is 0. The number of carbonyl (C=O) groups excluding carboxylic acids is 2. The maximum atomic E-state index is 10.3. The molecule has 3 N–H and O–H groups in total. The fraction of sp³-hybridized carbons (Fsp3) is 0.714. The molecule has 64 valence electrons. The molecule has 11 heavy (non-hydrogen) atoms. The van der Waals surface area contributed by atoms with Crippen molar-refractivity contribution >= 4 is 12.2 Å². The quantitative estimate of drug-likeness (QED) is 0.528. The Bertz CT molecular complexity index is 147. The molecule has 0 aliphatic rings. The summed E-state index contributed by atoms with van der Waals surface area (Å²) < 4.78 is 0. The van der Waals surface area contributed by atoms with Gasteiger partial charge < -0.3 is 15.6 Å². The van der Waals surface area contributed by atoms with E-state index in [4.69, 9.17) is 10.8 Å². The molecule has 0 radical (unpaired) electrons. The van der Waals surface area contributed by atoms with Gasteiger partial charge >= 0.3 is 0 Å². The van der Waals surface area contributed by atoms with Crippen molar-refractivity contribution in [3.63, 3.8) is 0 Å². The number of hydrogen-bond acceptors (Lipinski definition) is 3. The van der Waals surface area contributed by atoms with E-state index in [-0.39, 0.29) is 18.8 Å². The van der Waals surface area contributed by atoms with E-state index in [0.717, 1.165) is 6.29 Å². The van der Waals surface area contributed by atoms with Crippen LogP contribution >= 0.6 is 0 Å². The first kappa shape index (κ1) is 10.1. The van der Waals surface area contributed by atoms with Crippen molar-refractivity contribution < 1.29 is 14.7 Å². The number of aldehydes is 1. The number of nitrogens with two attached hydrogens (primary N) is 1. The average Bonchev–Trinajstić information content (AvgIpc) is 1.86. The molecule has 0 heterocycles. The Morgan fingerprint density at radius 2 is 2.27 bits per heavy atom. The second kappa shape index (κ2) is 4.85. The highest BCUT2D eigenvalue weighted by molar-refractivity contribution is 5.74. The number of hydrogen-bond donors (Lipinski definition) is 2. The second-order valence-electron chi connectivity index (χ2n) is 2.62. The van der Waals surface area contributed by atoms with Crippen molar-refractivity contribution in [1.29, 1.82) is 0 Å². The molecule has 2 atom stereocenters. The maximum absolute atomic E-state index is 10.3. The van der Waals surface area contributed by atoms with E-state index in [2.05, 4.69) is 0 Å². The van der Waals surface area contributed by atoms with E-state index in [1.165, 1.54) is 0 Å². The van der Waals surface area contributed by atoms with Crippen molar-refractivity contribution in [1.82, 2.24) is 0 Å². The summed E-state index contributed by atoms with van der Waals surface area (Å²) in [7, 11) is 0. The summed E-state index contributed by atoms with van der Waals surface area (Å²) in [5.41, 5.74) is 4.84. The Labute approximate surface area is 65.4 Å². The van der Waals surface area contributed by atoms with Crippen molar-refractivity contribution in [2.45, 2.75) is 25.9 Å². The van der Waals surface area contributed by atoms with E-state index in [0.29, 0.717) is 0 Å². The van der Waals surface area contributed by atoms with Crippen LogP contribution in [0.25, 0.3) is 0 Å². The molecule has 0 saturated carbocycles. The van der Waals surface area contributed by atoms with Gasteiger partial charge in [0.15, 0.2) is 0 Å². The molecule has 0 bridgehead atoms. The minimum absolute atomic E-state index is 0.0744. The van der Waals surface area contributed by atoms with Crippen molar-refractivity contribution in [2.24, 2.45) is 11.7 Å². The van der Waals surface area contributed by atoms with Gasteiger partial charge in [-0.2, -0.15) is 0 Å². The molecule has 0 aromatic heterocycles. The number of carbonyl (C=O) groups is 2. The Hall–Kier alpha value is -0.900.